The molecule has 1 fully saturated rings. The van der Waals surface area contributed by atoms with Crippen LogP contribution in [0, 0.1) is 5.82 Å². The van der Waals surface area contributed by atoms with Gasteiger partial charge in [-0.3, -0.25) is 9.58 Å². The zero-order valence-corrected chi connectivity index (χ0v) is 20.5. The summed E-state index contributed by atoms with van der Waals surface area (Å²) in [5, 5.41) is 9.97. The third kappa shape index (κ3) is 7.61. The highest BCUT2D eigenvalue weighted by molar-refractivity contribution is 14.0. The number of halogens is 5. The molecule has 178 valence electrons. The number of guanidine groups is 1. The van der Waals surface area contributed by atoms with E-state index < -0.39 is 11.9 Å². The van der Waals surface area contributed by atoms with Crippen LogP contribution >= 0.6 is 24.0 Å². The number of nitrogens with one attached hydrogen (secondary N) is 2. The van der Waals surface area contributed by atoms with Crippen molar-refractivity contribution in [3.63, 3.8) is 0 Å². The summed E-state index contributed by atoms with van der Waals surface area (Å²) in [7, 11) is 1.46. The highest BCUT2D eigenvalue weighted by Gasteiger charge is 2.36. The average Bonchev–Trinajstić information content (AvgIpc) is 3.11. The van der Waals surface area contributed by atoms with E-state index in [2.05, 4.69) is 25.6 Å². The SMILES string of the molecule is CCNC(=NCc1cn(C)nc1C(F)(F)F)NC1CCN(Cc2ccc(F)cc2)CC1.I. The maximum Gasteiger partial charge on any atom is 0.435 e. The molecule has 0 aliphatic carbocycles. The van der Waals surface area contributed by atoms with Gasteiger partial charge in [0, 0.05) is 51.0 Å². The lowest BCUT2D eigenvalue weighted by atomic mass is 10.0. The summed E-state index contributed by atoms with van der Waals surface area (Å²) in [5.41, 5.74) is 0.213. The molecule has 2 N–H and O–H groups in total. The Labute approximate surface area is 202 Å². The second-order valence-corrected chi connectivity index (χ2v) is 7.69. The maximum atomic E-state index is 13.1. The van der Waals surface area contributed by atoms with Gasteiger partial charge in [-0.1, -0.05) is 12.1 Å². The number of hydrogen-bond acceptors (Lipinski definition) is 3. The number of likely N-dealkylation sites (tertiary alicyclic amines) is 1. The van der Waals surface area contributed by atoms with Gasteiger partial charge in [0.05, 0.1) is 6.54 Å². The van der Waals surface area contributed by atoms with Crippen molar-refractivity contribution >= 4 is 29.9 Å². The van der Waals surface area contributed by atoms with Crippen LogP contribution in [0.1, 0.15) is 36.6 Å². The van der Waals surface area contributed by atoms with Crippen molar-refractivity contribution in [2.75, 3.05) is 19.6 Å². The van der Waals surface area contributed by atoms with Gasteiger partial charge in [-0.15, -0.1) is 24.0 Å². The molecule has 0 atom stereocenters. The molecule has 1 saturated heterocycles. The van der Waals surface area contributed by atoms with Crippen LogP contribution in [0.4, 0.5) is 17.6 Å². The minimum absolute atomic E-state index is 0. The summed E-state index contributed by atoms with van der Waals surface area (Å²) in [5.74, 6) is 0.256. The van der Waals surface area contributed by atoms with Crippen molar-refractivity contribution in [3.8, 4) is 0 Å². The predicted molar refractivity (Wildman–Crippen MR) is 126 cm³/mol. The third-order valence-electron chi connectivity index (χ3n) is 5.17. The predicted octanol–water partition coefficient (Wildman–Crippen LogP) is 3.92. The number of aliphatic imine (C=N–C) groups is 1. The van der Waals surface area contributed by atoms with E-state index in [0.29, 0.717) is 12.5 Å². The molecule has 1 aliphatic heterocycles. The lowest BCUT2D eigenvalue weighted by Crippen LogP contribution is -2.48. The Bertz CT molecular complexity index is 873. The fraction of sp³-hybridized carbons (Fsp3) is 0.524. The Morgan fingerprint density at radius 1 is 1.19 bits per heavy atom. The fourth-order valence-electron chi connectivity index (χ4n) is 3.65. The molecule has 6 nitrogen and oxygen atoms in total. The van der Waals surface area contributed by atoms with Gasteiger partial charge in [-0.25, -0.2) is 9.38 Å². The lowest BCUT2D eigenvalue weighted by Gasteiger charge is -2.33. The number of aromatic nitrogens is 2. The van der Waals surface area contributed by atoms with Gasteiger partial charge < -0.3 is 10.6 Å². The fourth-order valence-corrected chi connectivity index (χ4v) is 3.65. The summed E-state index contributed by atoms with van der Waals surface area (Å²) in [6.07, 6.45) is -1.39. The number of hydrogen-bond donors (Lipinski definition) is 2. The number of rotatable bonds is 6. The number of aryl methyl sites for hydroxylation is 1. The van der Waals surface area contributed by atoms with Gasteiger partial charge in [0.2, 0.25) is 0 Å². The summed E-state index contributed by atoms with van der Waals surface area (Å²) in [4.78, 5) is 6.66. The summed E-state index contributed by atoms with van der Waals surface area (Å²) in [6.45, 7) is 4.91. The molecule has 1 aliphatic rings. The first-order valence-corrected chi connectivity index (χ1v) is 10.4. The van der Waals surface area contributed by atoms with Crippen molar-refractivity contribution in [1.29, 1.82) is 0 Å². The first-order chi connectivity index (χ1) is 14.7. The largest absolute Gasteiger partial charge is 0.435 e. The second kappa shape index (κ2) is 11.8. The molecule has 2 heterocycles. The van der Waals surface area contributed by atoms with Crippen LogP contribution in [-0.2, 0) is 26.3 Å². The Hall–Kier alpha value is -1.89. The van der Waals surface area contributed by atoms with Gasteiger partial charge in [-0.05, 0) is 37.5 Å². The standard InChI is InChI=1S/C21H28F4N6.HI/c1-3-26-20(27-12-16-14-30(2)29-19(16)21(23,24)25)28-18-8-10-31(11-9-18)13-15-4-6-17(22)7-5-15;/h4-7,14,18H,3,8-13H2,1-2H3,(H2,26,27,28);1H. The first kappa shape index (κ1) is 26.4. The highest BCUT2D eigenvalue weighted by atomic mass is 127. The van der Waals surface area contributed by atoms with E-state index in [9.17, 15) is 17.6 Å². The van der Waals surface area contributed by atoms with Crippen LogP contribution in [0.5, 0.6) is 0 Å². The van der Waals surface area contributed by atoms with E-state index >= 15 is 0 Å². The molecule has 0 unspecified atom stereocenters. The third-order valence-corrected chi connectivity index (χ3v) is 5.17. The van der Waals surface area contributed by atoms with Crippen molar-refractivity contribution in [1.82, 2.24) is 25.3 Å². The topological polar surface area (TPSA) is 57.5 Å². The minimum Gasteiger partial charge on any atom is -0.357 e. The number of alkyl halides is 3. The molecule has 1 aromatic heterocycles. The van der Waals surface area contributed by atoms with Gasteiger partial charge in [-0.2, -0.15) is 18.3 Å². The molecule has 0 radical (unpaired) electrons. The van der Waals surface area contributed by atoms with Crippen molar-refractivity contribution in [2.45, 2.75) is 45.1 Å². The van der Waals surface area contributed by atoms with Crippen molar-refractivity contribution in [2.24, 2.45) is 12.0 Å². The molecule has 0 amide bonds. The van der Waals surface area contributed by atoms with Crippen LogP contribution < -0.4 is 10.6 Å². The Kier molecular flexibility index (Phi) is 9.74. The maximum absolute atomic E-state index is 13.1. The van der Waals surface area contributed by atoms with Crippen LogP contribution in [0.15, 0.2) is 35.5 Å². The average molecular weight is 568 g/mol. The molecule has 0 bridgehead atoms. The van der Waals surface area contributed by atoms with E-state index in [1.165, 1.54) is 25.4 Å². The van der Waals surface area contributed by atoms with Crippen molar-refractivity contribution in [3.05, 3.63) is 53.1 Å². The first-order valence-electron chi connectivity index (χ1n) is 10.4. The molecule has 2 aromatic rings. The monoisotopic (exact) mass is 568 g/mol. The van der Waals surface area contributed by atoms with Gasteiger partial charge in [0.1, 0.15) is 5.82 Å². The summed E-state index contributed by atoms with van der Waals surface area (Å²) < 4.78 is 53.6. The molecule has 11 heteroatoms. The molecule has 0 saturated carbocycles. The van der Waals surface area contributed by atoms with Crippen LogP contribution in [-0.4, -0.2) is 46.3 Å². The zero-order valence-electron chi connectivity index (χ0n) is 18.1. The molecule has 32 heavy (non-hydrogen) atoms. The Morgan fingerprint density at radius 2 is 1.84 bits per heavy atom. The normalized spacial score (nSPS) is 16.0. The van der Waals surface area contributed by atoms with Crippen molar-refractivity contribution < 1.29 is 17.6 Å². The van der Waals surface area contributed by atoms with Crippen LogP contribution in [0.2, 0.25) is 0 Å². The van der Waals surface area contributed by atoms with Gasteiger partial charge in [0.25, 0.3) is 0 Å². The van der Waals surface area contributed by atoms with Crippen LogP contribution in [0.25, 0.3) is 0 Å². The van der Waals surface area contributed by atoms with Crippen LogP contribution in [0.3, 0.4) is 0 Å². The molecule has 0 spiro atoms. The number of benzene rings is 1. The summed E-state index contributed by atoms with van der Waals surface area (Å²) >= 11 is 0. The Balaban J connectivity index is 0.00000363. The molecular formula is C21H29F4IN6. The highest BCUT2D eigenvalue weighted by Crippen LogP contribution is 2.30. The number of piperidine rings is 1. The molecule has 3 rings (SSSR count). The molecular weight excluding hydrogens is 539 g/mol. The van der Waals surface area contributed by atoms with Gasteiger partial charge >= 0.3 is 6.18 Å². The Morgan fingerprint density at radius 3 is 2.44 bits per heavy atom. The second-order valence-electron chi connectivity index (χ2n) is 7.69. The minimum atomic E-state index is -4.50. The lowest BCUT2D eigenvalue weighted by molar-refractivity contribution is -0.142. The van der Waals surface area contributed by atoms with E-state index in [-0.39, 0.29) is 47.9 Å². The van der Waals surface area contributed by atoms with E-state index in [1.54, 1.807) is 12.1 Å². The number of nitrogens with zero attached hydrogens (tertiary/aromatic N) is 4. The zero-order chi connectivity index (χ0) is 22.4. The quantitative estimate of drug-likeness (QED) is 0.240. The summed E-state index contributed by atoms with van der Waals surface area (Å²) in [6, 6.07) is 6.70. The van der Waals surface area contributed by atoms with E-state index in [0.717, 1.165) is 42.7 Å². The van der Waals surface area contributed by atoms with Gasteiger partial charge in [0.15, 0.2) is 11.7 Å². The van der Waals surface area contributed by atoms with E-state index in [1.807, 2.05) is 6.92 Å². The molecule has 1 aromatic carbocycles. The smallest absolute Gasteiger partial charge is 0.357 e. The van der Waals surface area contributed by atoms with E-state index in [4.69, 9.17) is 0 Å².